The number of benzene rings is 2. The van der Waals surface area contributed by atoms with E-state index in [0.29, 0.717) is 6.07 Å². The van der Waals surface area contributed by atoms with Gasteiger partial charge in [0.15, 0.2) is 5.69 Å². The van der Waals surface area contributed by atoms with Crippen molar-refractivity contribution in [2.75, 3.05) is 14.2 Å². The zero-order valence-corrected chi connectivity index (χ0v) is 16.0. The lowest BCUT2D eigenvalue weighted by molar-refractivity contribution is -0.139. The highest BCUT2D eigenvalue weighted by atomic mass is 19.4. The molecule has 0 N–H and O–H groups in total. The van der Waals surface area contributed by atoms with E-state index in [0.717, 1.165) is 18.9 Å². The molecule has 6 nitrogen and oxygen atoms in total. The molecule has 31 heavy (non-hydrogen) atoms. The van der Waals surface area contributed by atoms with Crippen molar-refractivity contribution in [1.82, 2.24) is 9.78 Å². The fourth-order valence-electron chi connectivity index (χ4n) is 2.92. The van der Waals surface area contributed by atoms with Crippen LogP contribution in [0.15, 0.2) is 42.5 Å². The Labute approximate surface area is 171 Å². The minimum absolute atomic E-state index is 0.173. The highest BCUT2D eigenvalue weighted by Gasteiger charge is 2.39. The van der Waals surface area contributed by atoms with E-state index in [9.17, 15) is 31.5 Å². The van der Waals surface area contributed by atoms with Gasteiger partial charge in [-0.25, -0.2) is 23.1 Å². The summed E-state index contributed by atoms with van der Waals surface area (Å²) < 4.78 is 79.0. The molecule has 0 unspecified atom stereocenters. The number of aromatic nitrogens is 2. The Kier molecular flexibility index (Phi) is 5.78. The molecule has 0 radical (unpaired) electrons. The highest BCUT2D eigenvalue weighted by molar-refractivity contribution is 6.07. The van der Waals surface area contributed by atoms with Crippen LogP contribution in [-0.2, 0) is 15.7 Å². The van der Waals surface area contributed by atoms with Crippen LogP contribution in [0, 0.1) is 11.6 Å². The van der Waals surface area contributed by atoms with Gasteiger partial charge in [-0.1, -0.05) is 18.2 Å². The van der Waals surface area contributed by atoms with Crippen molar-refractivity contribution >= 4 is 11.9 Å². The minimum atomic E-state index is -5.15. The third kappa shape index (κ3) is 3.86. The molecule has 0 atom stereocenters. The Hall–Kier alpha value is -3.76. The number of carbonyl (C=O) groups is 2. The number of ether oxygens (including phenoxy) is 2. The number of nitrogens with zero attached hydrogens (tertiary/aromatic N) is 2. The molecule has 3 rings (SSSR count). The van der Waals surface area contributed by atoms with E-state index in [-0.39, 0.29) is 11.8 Å². The van der Waals surface area contributed by atoms with Gasteiger partial charge in [-0.3, -0.25) is 0 Å². The summed E-state index contributed by atoms with van der Waals surface area (Å²) in [6, 6.07) is 8.22. The van der Waals surface area contributed by atoms with Crippen molar-refractivity contribution < 1.29 is 41.0 Å². The van der Waals surface area contributed by atoms with Gasteiger partial charge >= 0.3 is 18.1 Å². The molecule has 0 spiro atoms. The predicted molar refractivity (Wildman–Crippen MR) is 96.6 cm³/mol. The van der Waals surface area contributed by atoms with Crippen molar-refractivity contribution in [1.29, 1.82) is 0 Å². The predicted octanol–water partition coefficient (Wildman–Crippen LogP) is 4.41. The molecular formula is C20H13F5N2O4. The first kappa shape index (κ1) is 21.9. The number of alkyl halides is 3. The van der Waals surface area contributed by atoms with Crippen molar-refractivity contribution in [3.8, 4) is 16.9 Å². The topological polar surface area (TPSA) is 70.4 Å². The van der Waals surface area contributed by atoms with Crippen LogP contribution in [0.1, 0.15) is 26.4 Å². The maximum absolute atomic E-state index is 14.8. The fourth-order valence-corrected chi connectivity index (χ4v) is 2.92. The van der Waals surface area contributed by atoms with Crippen molar-refractivity contribution in [3.05, 3.63) is 70.9 Å². The molecule has 0 saturated heterocycles. The zero-order valence-electron chi connectivity index (χ0n) is 16.0. The quantitative estimate of drug-likeness (QED) is 0.444. The van der Waals surface area contributed by atoms with Crippen LogP contribution in [0.25, 0.3) is 16.9 Å². The van der Waals surface area contributed by atoms with Gasteiger partial charge in [-0.05, 0) is 24.3 Å². The minimum Gasteiger partial charge on any atom is -0.465 e. The normalized spacial score (nSPS) is 11.3. The first-order valence-electron chi connectivity index (χ1n) is 8.52. The Balaban J connectivity index is 2.46. The van der Waals surface area contributed by atoms with Crippen LogP contribution >= 0.6 is 0 Å². The van der Waals surface area contributed by atoms with Gasteiger partial charge in [0.2, 0.25) is 0 Å². The lowest BCUT2D eigenvalue weighted by atomic mass is 10.0. The molecule has 0 aliphatic rings. The summed E-state index contributed by atoms with van der Waals surface area (Å²) in [5.74, 6) is -5.80. The first-order valence-corrected chi connectivity index (χ1v) is 8.52. The standard InChI is InChI=1S/C20H13F5N2O4/c1-30-18(28)14-16(13-12(21)9-8-11(15(13)22)20(23,24)25)26-27(17(14)19(29)31-2)10-6-4-3-5-7-10/h3-9H,1-2H3. The summed E-state index contributed by atoms with van der Waals surface area (Å²) in [6.07, 6.45) is -5.15. The summed E-state index contributed by atoms with van der Waals surface area (Å²) in [7, 11) is 1.91. The third-order valence-corrected chi connectivity index (χ3v) is 4.29. The van der Waals surface area contributed by atoms with Crippen molar-refractivity contribution in [3.63, 3.8) is 0 Å². The summed E-state index contributed by atoms with van der Waals surface area (Å²) in [6.45, 7) is 0. The van der Waals surface area contributed by atoms with Gasteiger partial charge in [0.25, 0.3) is 0 Å². The molecule has 162 valence electrons. The van der Waals surface area contributed by atoms with Crippen LogP contribution in [-0.4, -0.2) is 35.9 Å². The lowest BCUT2D eigenvalue weighted by Crippen LogP contribution is -2.15. The maximum Gasteiger partial charge on any atom is 0.419 e. The Morgan fingerprint density at radius 1 is 0.935 bits per heavy atom. The van der Waals surface area contributed by atoms with Gasteiger partial charge in [0.05, 0.1) is 31.0 Å². The molecule has 2 aromatic carbocycles. The molecule has 0 aliphatic heterocycles. The van der Waals surface area contributed by atoms with Gasteiger partial charge in [0.1, 0.15) is 22.9 Å². The number of halogens is 5. The summed E-state index contributed by atoms with van der Waals surface area (Å²) in [5, 5.41) is 3.90. The Morgan fingerprint density at radius 3 is 2.10 bits per heavy atom. The molecule has 0 amide bonds. The maximum atomic E-state index is 14.8. The van der Waals surface area contributed by atoms with Gasteiger partial charge in [-0.15, -0.1) is 0 Å². The Bertz CT molecular complexity index is 1160. The molecule has 0 aliphatic carbocycles. The second kappa shape index (κ2) is 8.17. The average molecular weight is 440 g/mol. The smallest absolute Gasteiger partial charge is 0.419 e. The number of para-hydroxylation sites is 1. The SMILES string of the molecule is COC(=O)c1c(-c2c(F)ccc(C(F)(F)F)c2F)nn(-c2ccccc2)c1C(=O)OC. The lowest BCUT2D eigenvalue weighted by Gasteiger charge is -2.11. The summed E-state index contributed by atoms with van der Waals surface area (Å²) in [4.78, 5) is 24.9. The van der Waals surface area contributed by atoms with E-state index in [4.69, 9.17) is 0 Å². The van der Waals surface area contributed by atoms with E-state index in [1.165, 1.54) is 12.1 Å². The van der Waals surface area contributed by atoms with E-state index in [2.05, 4.69) is 14.6 Å². The van der Waals surface area contributed by atoms with E-state index in [1.807, 2.05) is 0 Å². The second-order valence-corrected chi connectivity index (χ2v) is 6.08. The number of hydrogen-bond acceptors (Lipinski definition) is 5. The van der Waals surface area contributed by atoms with Crippen LogP contribution < -0.4 is 0 Å². The summed E-state index contributed by atoms with van der Waals surface area (Å²) >= 11 is 0. The van der Waals surface area contributed by atoms with Crippen LogP contribution in [0.4, 0.5) is 22.0 Å². The average Bonchev–Trinajstić information content (AvgIpc) is 3.12. The molecule has 1 aromatic heterocycles. The van der Waals surface area contributed by atoms with E-state index >= 15 is 0 Å². The van der Waals surface area contributed by atoms with Gasteiger partial charge in [-0.2, -0.15) is 18.3 Å². The van der Waals surface area contributed by atoms with E-state index < -0.39 is 57.8 Å². The second-order valence-electron chi connectivity index (χ2n) is 6.08. The number of hydrogen-bond donors (Lipinski definition) is 0. The molecule has 1 heterocycles. The largest absolute Gasteiger partial charge is 0.465 e. The van der Waals surface area contributed by atoms with Crippen LogP contribution in [0.5, 0.6) is 0 Å². The van der Waals surface area contributed by atoms with Gasteiger partial charge in [0, 0.05) is 0 Å². The Morgan fingerprint density at radius 2 is 1.55 bits per heavy atom. The van der Waals surface area contributed by atoms with Crippen LogP contribution in [0.2, 0.25) is 0 Å². The van der Waals surface area contributed by atoms with E-state index in [1.54, 1.807) is 18.2 Å². The third-order valence-electron chi connectivity index (χ3n) is 4.29. The molecular weight excluding hydrogens is 427 g/mol. The number of rotatable bonds is 4. The number of methoxy groups -OCH3 is 2. The monoisotopic (exact) mass is 440 g/mol. The fraction of sp³-hybridized carbons (Fsp3) is 0.150. The summed E-state index contributed by atoms with van der Waals surface area (Å²) in [5.41, 5.74) is -5.02. The van der Waals surface area contributed by atoms with Gasteiger partial charge < -0.3 is 9.47 Å². The zero-order chi connectivity index (χ0) is 22.9. The molecule has 3 aromatic rings. The van der Waals surface area contributed by atoms with Crippen molar-refractivity contribution in [2.24, 2.45) is 0 Å². The molecule has 0 fully saturated rings. The molecule has 0 bridgehead atoms. The molecule has 11 heteroatoms. The van der Waals surface area contributed by atoms with Crippen LogP contribution in [0.3, 0.4) is 0 Å². The first-order chi connectivity index (χ1) is 14.6. The highest BCUT2D eigenvalue weighted by Crippen LogP contribution is 2.38. The number of carbonyl (C=O) groups excluding carboxylic acids is 2. The van der Waals surface area contributed by atoms with Crippen molar-refractivity contribution in [2.45, 2.75) is 6.18 Å². The molecule has 0 saturated carbocycles. The number of esters is 2.